The fourth-order valence-electron chi connectivity index (χ4n) is 2.31. The summed E-state index contributed by atoms with van der Waals surface area (Å²) in [5.74, 6) is 1.31. The summed E-state index contributed by atoms with van der Waals surface area (Å²) in [5, 5.41) is 3.42. The molecule has 15 heavy (non-hydrogen) atoms. The van der Waals surface area contributed by atoms with Crippen LogP contribution in [0.4, 0.5) is 0 Å². The van der Waals surface area contributed by atoms with Crippen LogP contribution in [0, 0.1) is 5.92 Å². The van der Waals surface area contributed by atoms with Crippen LogP contribution in [-0.2, 0) is 9.84 Å². The van der Waals surface area contributed by atoms with E-state index in [0.29, 0.717) is 6.04 Å². The molecule has 1 aliphatic carbocycles. The summed E-state index contributed by atoms with van der Waals surface area (Å²) in [6.45, 7) is 5.94. The largest absolute Gasteiger partial charge is 0.310 e. The van der Waals surface area contributed by atoms with Gasteiger partial charge in [-0.3, -0.25) is 0 Å². The van der Waals surface area contributed by atoms with Crippen molar-refractivity contribution < 1.29 is 8.42 Å². The van der Waals surface area contributed by atoms with Gasteiger partial charge in [-0.2, -0.15) is 0 Å². The SMILES string of the molecule is CCS(=O)(=O)CC(C)NC1CCC(C)C1. The fourth-order valence-corrected chi connectivity index (χ4v) is 3.40. The average molecular weight is 233 g/mol. The molecule has 1 rings (SSSR count). The second-order valence-electron chi connectivity index (χ2n) is 4.88. The van der Waals surface area contributed by atoms with Crippen molar-refractivity contribution in [3.05, 3.63) is 0 Å². The quantitative estimate of drug-likeness (QED) is 0.784. The third-order valence-corrected chi connectivity index (χ3v) is 5.05. The van der Waals surface area contributed by atoms with Crippen molar-refractivity contribution in [3.8, 4) is 0 Å². The Kier molecular flexibility index (Phi) is 4.59. The summed E-state index contributed by atoms with van der Waals surface area (Å²) in [6.07, 6.45) is 3.65. The Balaban J connectivity index is 2.33. The molecule has 1 aliphatic rings. The molecule has 0 saturated heterocycles. The Morgan fingerprint density at radius 2 is 2.07 bits per heavy atom. The predicted octanol–water partition coefficient (Wildman–Crippen LogP) is 1.59. The lowest BCUT2D eigenvalue weighted by molar-refractivity contribution is 0.456. The highest BCUT2D eigenvalue weighted by Gasteiger charge is 2.23. The molecule has 1 saturated carbocycles. The van der Waals surface area contributed by atoms with E-state index in [1.807, 2.05) is 6.92 Å². The first-order valence-corrected chi connectivity index (χ1v) is 7.71. The molecular formula is C11H23NO2S. The second-order valence-corrected chi connectivity index (χ2v) is 7.28. The van der Waals surface area contributed by atoms with Gasteiger partial charge in [-0.05, 0) is 32.1 Å². The van der Waals surface area contributed by atoms with Crippen LogP contribution in [0.15, 0.2) is 0 Å². The van der Waals surface area contributed by atoms with Gasteiger partial charge in [0.15, 0.2) is 9.84 Å². The van der Waals surface area contributed by atoms with E-state index in [2.05, 4.69) is 12.2 Å². The molecule has 0 aromatic rings. The molecular weight excluding hydrogens is 210 g/mol. The van der Waals surface area contributed by atoms with Crippen molar-refractivity contribution in [2.75, 3.05) is 11.5 Å². The lowest BCUT2D eigenvalue weighted by Gasteiger charge is -2.19. The Hall–Kier alpha value is -0.0900. The molecule has 0 heterocycles. The van der Waals surface area contributed by atoms with E-state index in [4.69, 9.17) is 0 Å². The molecule has 0 aliphatic heterocycles. The smallest absolute Gasteiger partial charge is 0.151 e. The first kappa shape index (κ1) is 13.0. The monoisotopic (exact) mass is 233 g/mol. The van der Waals surface area contributed by atoms with E-state index in [0.717, 1.165) is 5.92 Å². The number of rotatable bonds is 5. The maximum atomic E-state index is 11.4. The molecule has 1 fully saturated rings. The van der Waals surface area contributed by atoms with E-state index in [9.17, 15) is 8.42 Å². The standard InChI is InChI=1S/C11H23NO2S/c1-4-15(13,14)8-10(3)12-11-6-5-9(2)7-11/h9-12H,4-8H2,1-3H3. The minimum absolute atomic E-state index is 0.0882. The van der Waals surface area contributed by atoms with E-state index >= 15 is 0 Å². The van der Waals surface area contributed by atoms with Crippen LogP contribution in [-0.4, -0.2) is 32.0 Å². The van der Waals surface area contributed by atoms with Gasteiger partial charge in [0.1, 0.15) is 0 Å². The molecule has 4 heteroatoms. The lowest BCUT2D eigenvalue weighted by atomic mass is 10.1. The Bertz CT molecular complexity index is 287. The van der Waals surface area contributed by atoms with Gasteiger partial charge in [0.2, 0.25) is 0 Å². The molecule has 3 nitrogen and oxygen atoms in total. The van der Waals surface area contributed by atoms with Crippen LogP contribution in [0.1, 0.15) is 40.0 Å². The van der Waals surface area contributed by atoms with Crippen molar-refractivity contribution in [2.45, 2.75) is 52.1 Å². The van der Waals surface area contributed by atoms with E-state index in [1.54, 1.807) is 6.92 Å². The van der Waals surface area contributed by atoms with Crippen molar-refractivity contribution in [1.82, 2.24) is 5.32 Å². The van der Waals surface area contributed by atoms with Gasteiger partial charge in [-0.25, -0.2) is 8.42 Å². The third kappa shape index (κ3) is 4.51. The second kappa shape index (κ2) is 5.30. The van der Waals surface area contributed by atoms with Crippen LogP contribution in [0.3, 0.4) is 0 Å². The summed E-state index contributed by atoms with van der Waals surface area (Å²) in [5.41, 5.74) is 0. The van der Waals surface area contributed by atoms with Crippen molar-refractivity contribution >= 4 is 9.84 Å². The zero-order valence-electron chi connectivity index (χ0n) is 9.99. The van der Waals surface area contributed by atoms with Gasteiger partial charge in [0, 0.05) is 17.8 Å². The summed E-state index contributed by atoms with van der Waals surface area (Å²) < 4.78 is 22.8. The zero-order valence-corrected chi connectivity index (χ0v) is 10.8. The molecule has 0 aromatic carbocycles. The minimum atomic E-state index is -2.84. The highest BCUT2D eigenvalue weighted by molar-refractivity contribution is 7.91. The number of nitrogens with one attached hydrogen (secondary N) is 1. The number of hydrogen-bond donors (Lipinski definition) is 1. The van der Waals surface area contributed by atoms with Crippen LogP contribution >= 0.6 is 0 Å². The highest BCUT2D eigenvalue weighted by atomic mass is 32.2. The maximum Gasteiger partial charge on any atom is 0.151 e. The molecule has 90 valence electrons. The molecule has 0 spiro atoms. The first-order chi connectivity index (χ1) is 6.93. The zero-order chi connectivity index (χ0) is 11.5. The van der Waals surface area contributed by atoms with Gasteiger partial charge in [-0.15, -0.1) is 0 Å². The van der Waals surface area contributed by atoms with E-state index in [1.165, 1.54) is 19.3 Å². The minimum Gasteiger partial charge on any atom is -0.310 e. The van der Waals surface area contributed by atoms with Gasteiger partial charge in [-0.1, -0.05) is 13.8 Å². The first-order valence-electron chi connectivity index (χ1n) is 5.89. The van der Waals surface area contributed by atoms with Gasteiger partial charge >= 0.3 is 0 Å². The van der Waals surface area contributed by atoms with E-state index < -0.39 is 9.84 Å². The van der Waals surface area contributed by atoms with Gasteiger partial charge < -0.3 is 5.32 Å². The third-order valence-electron chi connectivity index (χ3n) is 3.16. The summed E-state index contributed by atoms with van der Waals surface area (Å²) >= 11 is 0. The maximum absolute atomic E-state index is 11.4. The Morgan fingerprint density at radius 1 is 1.40 bits per heavy atom. The van der Waals surface area contributed by atoms with Gasteiger partial charge in [0.05, 0.1) is 5.75 Å². The van der Waals surface area contributed by atoms with Crippen molar-refractivity contribution in [3.63, 3.8) is 0 Å². The molecule has 1 N–H and O–H groups in total. The van der Waals surface area contributed by atoms with Crippen LogP contribution in [0.25, 0.3) is 0 Å². The molecule has 0 amide bonds. The fraction of sp³-hybridized carbons (Fsp3) is 1.00. The topological polar surface area (TPSA) is 46.2 Å². The Labute approximate surface area is 93.6 Å². The van der Waals surface area contributed by atoms with Gasteiger partial charge in [0.25, 0.3) is 0 Å². The predicted molar refractivity (Wildman–Crippen MR) is 63.7 cm³/mol. The Morgan fingerprint density at radius 3 is 2.53 bits per heavy atom. The lowest BCUT2D eigenvalue weighted by Crippen LogP contribution is -2.39. The molecule has 3 unspecified atom stereocenters. The molecule has 0 radical (unpaired) electrons. The average Bonchev–Trinajstić information content (AvgIpc) is 2.50. The van der Waals surface area contributed by atoms with E-state index in [-0.39, 0.29) is 17.5 Å². The molecule has 0 bridgehead atoms. The summed E-state index contributed by atoms with van der Waals surface area (Å²) in [4.78, 5) is 0. The molecule has 0 aromatic heterocycles. The molecule has 3 atom stereocenters. The summed E-state index contributed by atoms with van der Waals surface area (Å²) in [7, 11) is -2.84. The van der Waals surface area contributed by atoms with Crippen molar-refractivity contribution in [2.24, 2.45) is 5.92 Å². The van der Waals surface area contributed by atoms with Crippen LogP contribution < -0.4 is 5.32 Å². The highest BCUT2D eigenvalue weighted by Crippen LogP contribution is 2.24. The number of sulfone groups is 1. The van der Waals surface area contributed by atoms with Crippen LogP contribution in [0.2, 0.25) is 0 Å². The summed E-state index contributed by atoms with van der Waals surface area (Å²) in [6, 6.07) is 0.618. The normalized spacial score (nSPS) is 29.3. The van der Waals surface area contributed by atoms with Crippen LogP contribution in [0.5, 0.6) is 0 Å². The van der Waals surface area contributed by atoms with Crippen molar-refractivity contribution in [1.29, 1.82) is 0 Å². The number of hydrogen-bond acceptors (Lipinski definition) is 3.